The van der Waals surface area contributed by atoms with E-state index < -0.39 is 0 Å². The zero-order valence-electron chi connectivity index (χ0n) is 7.97. The average Bonchev–Trinajstić information content (AvgIpc) is 2.55. The lowest BCUT2D eigenvalue weighted by atomic mass is 10.2. The number of hydrogen-bond donors (Lipinski definition) is 2. The third kappa shape index (κ3) is 4.48. The van der Waals surface area contributed by atoms with Gasteiger partial charge >= 0.3 is 0 Å². The standard InChI is InChI=1S/C10H16N2O/c1-9(13)2-5-11-6-3-10-4-7-12-8-10/h4,7-8,11-12H,2-3,5-6H2,1H3. The molecule has 2 N–H and O–H groups in total. The summed E-state index contributed by atoms with van der Waals surface area (Å²) in [4.78, 5) is 13.6. The predicted molar refractivity (Wildman–Crippen MR) is 52.7 cm³/mol. The zero-order valence-corrected chi connectivity index (χ0v) is 7.97. The maximum Gasteiger partial charge on any atom is 0.131 e. The third-order valence-corrected chi connectivity index (χ3v) is 1.91. The maximum atomic E-state index is 10.6. The SMILES string of the molecule is CC(=O)CCNCCc1cc[nH]c1. The Morgan fingerprint density at radius 2 is 2.38 bits per heavy atom. The van der Waals surface area contributed by atoms with Crippen molar-refractivity contribution < 1.29 is 4.79 Å². The molecule has 3 nitrogen and oxygen atoms in total. The van der Waals surface area contributed by atoms with E-state index in [0.717, 1.165) is 19.5 Å². The molecule has 0 saturated carbocycles. The van der Waals surface area contributed by atoms with Crippen molar-refractivity contribution in [1.29, 1.82) is 0 Å². The van der Waals surface area contributed by atoms with Crippen LogP contribution < -0.4 is 5.32 Å². The van der Waals surface area contributed by atoms with Gasteiger partial charge in [-0.15, -0.1) is 0 Å². The van der Waals surface area contributed by atoms with E-state index in [2.05, 4.69) is 16.4 Å². The minimum atomic E-state index is 0.245. The number of Topliss-reactive ketones (excluding diaryl/α,β-unsaturated/α-hetero) is 1. The van der Waals surface area contributed by atoms with Gasteiger partial charge in [0.2, 0.25) is 0 Å². The van der Waals surface area contributed by atoms with Gasteiger partial charge in [0.25, 0.3) is 0 Å². The first-order valence-electron chi connectivity index (χ1n) is 4.61. The monoisotopic (exact) mass is 180 g/mol. The van der Waals surface area contributed by atoms with E-state index >= 15 is 0 Å². The average molecular weight is 180 g/mol. The molecule has 0 aliphatic rings. The van der Waals surface area contributed by atoms with Crippen LogP contribution in [0.5, 0.6) is 0 Å². The highest BCUT2D eigenvalue weighted by molar-refractivity contribution is 5.75. The maximum absolute atomic E-state index is 10.6. The second kappa shape index (κ2) is 5.54. The molecule has 0 spiro atoms. The second-order valence-corrected chi connectivity index (χ2v) is 3.17. The van der Waals surface area contributed by atoms with Gasteiger partial charge in [-0.05, 0) is 31.5 Å². The first kappa shape index (κ1) is 9.99. The first-order chi connectivity index (χ1) is 6.29. The van der Waals surface area contributed by atoms with Crippen molar-refractivity contribution in [1.82, 2.24) is 10.3 Å². The van der Waals surface area contributed by atoms with E-state index in [-0.39, 0.29) is 5.78 Å². The van der Waals surface area contributed by atoms with Crippen LogP contribution in [0.25, 0.3) is 0 Å². The highest BCUT2D eigenvalue weighted by atomic mass is 16.1. The number of ketones is 1. The minimum absolute atomic E-state index is 0.245. The van der Waals surface area contributed by atoms with Crippen molar-refractivity contribution in [2.24, 2.45) is 0 Å². The summed E-state index contributed by atoms with van der Waals surface area (Å²) in [5.74, 6) is 0.245. The summed E-state index contributed by atoms with van der Waals surface area (Å²) in [7, 11) is 0. The molecule has 0 fully saturated rings. The van der Waals surface area contributed by atoms with Crippen LogP contribution in [0.1, 0.15) is 18.9 Å². The molecule has 0 unspecified atom stereocenters. The van der Waals surface area contributed by atoms with Crippen molar-refractivity contribution >= 4 is 5.78 Å². The summed E-state index contributed by atoms with van der Waals surface area (Å²) in [6.45, 7) is 3.35. The van der Waals surface area contributed by atoms with E-state index in [1.165, 1.54) is 5.56 Å². The number of H-pyrrole nitrogens is 1. The Labute approximate surface area is 78.5 Å². The van der Waals surface area contributed by atoms with Gasteiger partial charge in [-0.1, -0.05) is 0 Å². The van der Waals surface area contributed by atoms with Gasteiger partial charge < -0.3 is 10.3 Å². The van der Waals surface area contributed by atoms with E-state index in [1.54, 1.807) is 6.92 Å². The number of aromatic nitrogens is 1. The number of rotatable bonds is 6. The Bertz CT molecular complexity index is 241. The summed E-state index contributed by atoms with van der Waals surface area (Å²) < 4.78 is 0. The molecule has 0 radical (unpaired) electrons. The lowest BCUT2D eigenvalue weighted by Crippen LogP contribution is -2.19. The summed E-state index contributed by atoms with van der Waals surface area (Å²) in [5.41, 5.74) is 1.30. The van der Waals surface area contributed by atoms with E-state index in [0.29, 0.717) is 6.42 Å². The molecule has 13 heavy (non-hydrogen) atoms. The Morgan fingerprint density at radius 1 is 1.54 bits per heavy atom. The molecular formula is C10H16N2O. The summed E-state index contributed by atoms with van der Waals surface area (Å²) >= 11 is 0. The number of nitrogens with one attached hydrogen (secondary N) is 2. The van der Waals surface area contributed by atoms with E-state index in [9.17, 15) is 4.79 Å². The predicted octanol–water partition coefficient (Wildman–Crippen LogP) is 1.13. The quantitative estimate of drug-likeness (QED) is 0.644. The molecule has 0 aliphatic carbocycles. The van der Waals surface area contributed by atoms with Crippen LogP contribution >= 0.6 is 0 Å². The van der Waals surface area contributed by atoms with Crippen LogP contribution in [0.4, 0.5) is 0 Å². The van der Waals surface area contributed by atoms with Gasteiger partial charge in [0.05, 0.1) is 0 Å². The summed E-state index contributed by atoms with van der Waals surface area (Å²) in [5, 5.41) is 3.22. The third-order valence-electron chi connectivity index (χ3n) is 1.91. The molecule has 1 aromatic rings. The number of hydrogen-bond acceptors (Lipinski definition) is 2. The lowest BCUT2D eigenvalue weighted by molar-refractivity contribution is -0.116. The van der Waals surface area contributed by atoms with Crippen LogP contribution in [-0.2, 0) is 11.2 Å². The van der Waals surface area contributed by atoms with Gasteiger partial charge in [0, 0.05) is 25.4 Å². The first-order valence-corrected chi connectivity index (χ1v) is 4.61. The molecule has 0 saturated heterocycles. The summed E-state index contributed by atoms with van der Waals surface area (Å²) in [6, 6.07) is 2.06. The Morgan fingerprint density at radius 3 is 3.00 bits per heavy atom. The molecule has 72 valence electrons. The van der Waals surface area contributed by atoms with Gasteiger partial charge in [-0.2, -0.15) is 0 Å². The van der Waals surface area contributed by atoms with Gasteiger partial charge in [0.15, 0.2) is 0 Å². The van der Waals surface area contributed by atoms with Crippen LogP contribution in [0.15, 0.2) is 18.5 Å². The Balaban J connectivity index is 1.99. The van der Waals surface area contributed by atoms with Crippen molar-refractivity contribution in [3.8, 4) is 0 Å². The number of aromatic amines is 1. The van der Waals surface area contributed by atoms with Crippen molar-refractivity contribution in [3.05, 3.63) is 24.0 Å². The molecule has 3 heteroatoms. The molecular weight excluding hydrogens is 164 g/mol. The van der Waals surface area contributed by atoms with Gasteiger partial charge in [-0.3, -0.25) is 4.79 Å². The molecule has 0 bridgehead atoms. The highest BCUT2D eigenvalue weighted by Gasteiger charge is 1.94. The van der Waals surface area contributed by atoms with Gasteiger partial charge in [-0.25, -0.2) is 0 Å². The number of carbonyl (C=O) groups is 1. The fourth-order valence-corrected chi connectivity index (χ4v) is 1.14. The normalized spacial score (nSPS) is 10.2. The van der Waals surface area contributed by atoms with Crippen molar-refractivity contribution in [2.75, 3.05) is 13.1 Å². The number of carbonyl (C=O) groups excluding carboxylic acids is 1. The topological polar surface area (TPSA) is 44.9 Å². The minimum Gasteiger partial charge on any atom is -0.367 e. The molecule has 1 aromatic heterocycles. The highest BCUT2D eigenvalue weighted by Crippen LogP contribution is 1.95. The Kier molecular flexibility index (Phi) is 4.26. The van der Waals surface area contributed by atoms with E-state index in [4.69, 9.17) is 0 Å². The van der Waals surface area contributed by atoms with Gasteiger partial charge in [0.1, 0.15) is 5.78 Å². The second-order valence-electron chi connectivity index (χ2n) is 3.17. The molecule has 0 atom stereocenters. The fourth-order valence-electron chi connectivity index (χ4n) is 1.14. The lowest BCUT2D eigenvalue weighted by Gasteiger charge is -2.00. The Hall–Kier alpha value is -1.09. The largest absolute Gasteiger partial charge is 0.367 e. The van der Waals surface area contributed by atoms with Crippen LogP contribution in [0, 0.1) is 0 Å². The molecule has 1 rings (SSSR count). The fraction of sp³-hybridized carbons (Fsp3) is 0.500. The zero-order chi connectivity index (χ0) is 9.52. The smallest absolute Gasteiger partial charge is 0.131 e. The molecule has 1 heterocycles. The van der Waals surface area contributed by atoms with Crippen molar-refractivity contribution in [3.63, 3.8) is 0 Å². The molecule has 0 aromatic carbocycles. The van der Waals surface area contributed by atoms with Crippen LogP contribution in [0.3, 0.4) is 0 Å². The van der Waals surface area contributed by atoms with Crippen LogP contribution in [0.2, 0.25) is 0 Å². The van der Waals surface area contributed by atoms with Crippen molar-refractivity contribution in [2.45, 2.75) is 19.8 Å². The summed E-state index contributed by atoms with van der Waals surface area (Å²) in [6.07, 6.45) is 5.56. The van der Waals surface area contributed by atoms with E-state index in [1.807, 2.05) is 12.4 Å². The van der Waals surface area contributed by atoms with Crippen LogP contribution in [-0.4, -0.2) is 23.9 Å². The molecule has 0 amide bonds. The molecule has 0 aliphatic heterocycles.